The monoisotopic (exact) mass is 186 g/mol. The largest absolute Gasteiger partial charge is 0.481 e. The molecule has 0 aromatic carbocycles. The zero-order valence-electron chi connectivity index (χ0n) is 6.90. The predicted octanol–water partition coefficient (Wildman–Crippen LogP) is 0.141. The summed E-state index contributed by atoms with van der Waals surface area (Å²) in [7, 11) is 0. The highest BCUT2D eigenvalue weighted by molar-refractivity contribution is 5.91. The van der Waals surface area contributed by atoms with Crippen LogP contribution in [-0.2, 0) is 14.4 Å². The van der Waals surface area contributed by atoms with Crippen molar-refractivity contribution in [2.24, 2.45) is 11.8 Å². The van der Waals surface area contributed by atoms with Crippen molar-refractivity contribution >= 4 is 17.7 Å². The fourth-order valence-corrected chi connectivity index (χ4v) is 1.56. The van der Waals surface area contributed by atoms with E-state index in [0.29, 0.717) is 0 Å². The molecule has 5 nitrogen and oxygen atoms in total. The lowest BCUT2D eigenvalue weighted by atomic mass is 10.0. The summed E-state index contributed by atoms with van der Waals surface area (Å²) in [4.78, 5) is 31.9. The molecule has 2 N–H and O–H groups in total. The standard InChI is InChI=1S/C8H10O5/c9-6-2-5(8(12)13)1-4(6)3-7(10)11/h4-5H,1-3H2,(H,10,11)(H,12,13). The molecule has 1 fully saturated rings. The Morgan fingerprint density at radius 1 is 1.38 bits per heavy atom. The Bertz CT molecular complexity index is 257. The number of carboxylic acid groups (broad SMARTS) is 2. The van der Waals surface area contributed by atoms with Crippen molar-refractivity contribution < 1.29 is 24.6 Å². The van der Waals surface area contributed by atoms with Crippen LogP contribution >= 0.6 is 0 Å². The van der Waals surface area contributed by atoms with Crippen LogP contribution in [0, 0.1) is 11.8 Å². The van der Waals surface area contributed by atoms with Crippen LogP contribution in [-0.4, -0.2) is 27.9 Å². The average Bonchev–Trinajstić information content (AvgIpc) is 2.31. The summed E-state index contributed by atoms with van der Waals surface area (Å²) in [6.07, 6.45) is -0.101. The molecule has 2 atom stereocenters. The first kappa shape index (κ1) is 9.70. The molecule has 5 heteroatoms. The molecule has 0 amide bonds. The fourth-order valence-electron chi connectivity index (χ4n) is 1.56. The van der Waals surface area contributed by atoms with E-state index in [1.54, 1.807) is 0 Å². The van der Waals surface area contributed by atoms with Gasteiger partial charge in [-0.05, 0) is 6.42 Å². The van der Waals surface area contributed by atoms with Crippen LogP contribution in [0.3, 0.4) is 0 Å². The number of rotatable bonds is 3. The number of ketones is 1. The second-order valence-corrected chi connectivity index (χ2v) is 3.24. The van der Waals surface area contributed by atoms with Crippen molar-refractivity contribution in [3.05, 3.63) is 0 Å². The Labute approximate surface area is 74.4 Å². The van der Waals surface area contributed by atoms with Crippen LogP contribution in [0.1, 0.15) is 19.3 Å². The Morgan fingerprint density at radius 2 is 2.00 bits per heavy atom. The molecular weight excluding hydrogens is 176 g/mol. The van der Waals surface area contributed by atoms with Gasteiger partial charge in [0.05, 0.1) is 12.3 Å². The second-order valence-electron chi connectivity index (χ2n) is 3.24. The van der Waals surface area contributed by atoms with E-state index >= 15 is 0 Å². The predicted molar refractivity (Wildman–Crippen MR) is 41.1 cm³/mol. The fraction of sp³-hybridized carbons (Fsp3) is 0.625. The number of hydrogen-bond acceptors (Lipinski definition) is 3. The molecule has 72 valence electrons. The first-order valence-corrected chi connectivity index (χ1v) is 3.98. The van der Waals surface area contributed by atoms with Crippen LogP contribution in [0.2, 0.25) is 0 Å². The molecule has 0 aliphatic heterocycles. The first-order valence-electron chi connectivity index (χ1n) is 3.98. The van der Waals surface area contributed by atoms with Crippen LogP contribution in [0.15, 0.2) is 0 Å². The normalized spacial score (nSPS) is 27.5. The van der Waals surface area contributed by atoms with Gasteiger partial charge in [0.2, 0.25) is 0 Å². The van der Waals surface area contributed by atoms with E-state index in [-0.39, 0.29) is 25.0 Å². The summed E-state index contributed by atoms with van der Waals surface area (Å²) in [5.74, 6) is -3.59. The molecule has 0 aromatic rings. The molecule has 1 saturated carbocycles. The second kappa shape index (κ2) is 3.55. The van der Waals surface area contributed by atoms with Gasteiger partial charge in [-0.2, -0.15) is 0 Å². The number of carbonyl (C=O) groups excluding carboxylic acids is 1. The van der Waals surface area contributed by atoms with E-state index in [0.717, 1.165) is 0 Å². The Hall–Kier alpha value is -1.39. The summed E-state index contributed by atoms with van der Waals surface area (Å²) in [5.41, 5.74) is 0. The van der Waals surface area contributed by atoms with Gasteiger partial charge in [-0.1, -0.05) is 0 Å². The van der Waals surface area contributed by atoms with Gasteiger partial charge in [-0.3, -0.25) is 14.4 Å². The van der Waals surface area contributed by atoms with E-state index in [1.807, 2.05) is 0 Å². The molecular formula is C8H10O5. The number of carboxylic acids is 2. The molecule has 1 aliphatic carbocycles. The van der Waals surface area contributed by atoms with Crippen molar-refractivity contribution in [2.75, 3.05) is 0 Å². The summed E-state index contributed by atoms with van der Waals surface area (Å²) in [6.45, 7) is 0. The topological polar surface area (TPSA) is 91.7 Å². The van der Waals surface area contributed by atoms with Gasteiger partial charge < -0.3 is 10.2 Å². The smallest absolute Gasteiger partial charge is 0.306 e. The molecule has 0 saturated heterocycles. The van der Waals surface area contributed by atoms with E-state index in [9.17, 15) is 14.4 Å². The van der Waals surface area contributed by atoms with E-state index in [4.69, 9.17) is 10.2 Å². The number of hydrogen-bond donors (Lipinski definition) is 2. The van der Waals surface area contributed by atoms with Crippen molar-refractivity contribution in [3.63, 3.8) is 0 Å². The minimum atomic E-state index is -1.05. The summed E-state index contributed by atoms with van der Waals surface area (Å²) in [6, 6.07) is 0. The Kier molecular flexibility index (Phi) is 2.65. The third-order valence-corrected chi connectivity index (χ3v) is 2.24. The average molecular weight is 186 g/mol. The maximum atomic E-state index is 11.1. The lowest BCUT2D eigenvalue weighted by Crippen LogP contribution is -2.12. The van der Waals surface area contributed by atoms with Gasteiger partial charge in [0.25, 0.3) is 0 Å². The van der Waals surface area contributed by atoms with Crippen LogP contribution < -0.4 is 0 Å². The van der Waals surface area contributed by atoms with Crippen molar-refractivity contribution in [2.45, 2.75) is 19.3 Å². The van der Waals surface area contributed by atoms with E-state index in [2.05, 4.69) is 0 Å². The summed E-state index contributed by atoms with van der Waals surface area (Å²) < 4.78 is 0. The molecule has 1 aliphatic rings. The van der Waals surface area contributed by atoms with Crippen LogP contribution in [0.4, 0.5) is 0 Å². The molecule has 0 heterocycles. The third kappa shape index (κ3) is 2.27. The molecule has 0 aromatic heterocycles. The zero-order valence-corrected chi connectivity index (χ0v) is 6.90. The molecule has 0 radical (unpaired) electrons. The van der Waals surface area contributed by atoms with Crippen molar-refractivity contribution in [1.29, 1.82) is 0 Å². The highest BCUT2D eigenvalue weighted by Gasteiger charge is 2.37. The highest BCUT2D eigenvalue weighted by atomic mass is 16.4. The quantitative estimate of drug-likeness (QED) is 0.654. The minimum absolute atomic E-state index is 0.0206. The van der Waals surface area contributed by atoms with Crippen molar-refractivity contribution in [3.8, 4) is 0 Å². The van der Waals surface area contributed by atoms with Gasteiger partial charge in [0, 0.05) is 12.3 Å². The lowest BCUT2D eigenvalue weighted by molar-refractivity contribution is -0.142. The van der Waals surface area contributed by atoms with Crippen LogP contribution in [0.25, 0.3) is 0 Å². The molecule has 0 spiro atoms. The molecule has 2 unspecified atom stereocenters. The van der Waals surface area contributed by atoms with Crippen molar-refractivity contribution in [1.82, 2.24) is 0 Å². The number of carbonyl (C=O) groups is 3. The maximum absolute atomic E-state index is 11.1. The van der Waals surface area contributed by atoms with Crippen LogP contribution in [0.5, 0.6) is 0 Å². The number of Topliss-reactive ketones (excluding diaryl/α,β-unsaturated/α-hetero) is 1. The molecule has 13 heavy (non-hydrogen) atoms. The Morgan fingerprint density at radius 3 is 2.38 bits per heavy atom. The molecule has 0 bridgehead atoms. The SMILES string of the molecule is O=C(O)CC1CC(C(=O)O)CC1=O. The first-order chi connectivity index (χ1) is 6.00. The van der Waals surface area contributed by atoms with Gasteiger partial charge in [0.15, 0.2) is 0 Å². The van der Waals surface area contributed by atoms with Gasteiger partial charge in [-0.15, -0.1) is 0 Å². The summed E-state index contributed by atoms with van der Waals surface area (Å²) >= 11 is 0. The molecule has 1 rings (SSSR count). The minimum Gasteiger partial charge on any atom is -0.481 e. The lowest BCUT2D eigenvalue weighted by Gasteiger charge is -2.03. The zero-order chi connectivity index (χ0) is 10.0. The number of aliphatic carboxylic acids is 2. The van der Waals surface area contributed by atoms with Gasteiger partial charge in [-0.25, -0.2) is 0 Å². The highest BCUT2D eigenvalue weighted by Crippen LogP contribution is 2.30. The van der Waals surface area contributed by atoms with Gasteiger partial charge in [0.1, 0.15) is 5.78 Å². The summed E-state index contributed by atoms with van der Waals surface area (Å²) in [5, 5.41) is 17.0. The maximum Gasteiger partial charge on any atom is 0.306 e. The van der Waals surface area contributed by atoms with E-state index in [1.165, 1.54) is 0 Å². The Balaban J connectivity index is 2.56. The third-order valence-electron chi connectivity index (χ3n) is 2.24. The van der Waals surface area contributed by atoms with E-state index < -0.39 is 23.8 Å². The van der Waals surface area contributed by atoms with Gasteiger partial charge >= 0.3 is 11.9 Å².